The lowest BCUT2D eigenvalue weighted by molar-refractivity contribution is -0.125. The molecule has 0 radical (unpaired) electrons. The van der Waals surface area contributed by atoms with Crippen molar-refractivity contribution in [3.05, 3.63) is 63.6 Å². The summed E-state index contributed by atoms with van der Waals surface area (Å²) < 4.78 is 6.40. The van der Waals surface area contributed by atoms with Crippen molar-refractivity contribution in [2.24, 2.45) is 11.0 Å². The number of rotatable bonds is 5. The zero-order valence-electron chi connectivity index (χ0n) is 15.8. The highest BCUT2D eigenvalue weighted by Gasteiger charge is 2.20. The summed E-state index contributed by atoms with van der Waals surface area (Å²) in [7, 11) is 0. The van der Waals surface area contributed by atoms with Gasteiger partial charge in [0.1, 0.15) is 5.75 Å². The second-order valence-corrected chi connectivity index (χ2v) is 7.87. The Bertz CT molecular complexity index is 889. The molecule has 1 N–H and O–H groups in total. The van der Waals surface area contributed by atoms with E-state index in [0.29, 0.717) is 16.9 Å². The zero-order chi connectivity index (χ0) is 19.9. The number of aryl methyl sites for hydroxylation is 1. The molecule has 0 heterocycles. The van der Waals surface area contributed by atoms with Gasteiger partial charge in [-0.2, -0.15) is 5.10 Å². The van der Waals surface area contributed by atoms with Crippen molar-refractivity contribution in [1.29, 1.82) is 0 Å². The Morgan fingerprint density at radius 3 is 2.64 bits per heavy atom. The van der Waals surface area contributed by atoms with Gasteiger partial charge in [-0.3, -0.25) is 4.79 Å². The van der Waals surface area contributed by atoms with Gasteiger partial charge in [0.15, 0.2) is 0 Å². The van der Waals surface area contributed by atoms with E-state index in [9.17, 15) is 9.59 Å². The summed E-state index contributed by atoms with van der Waals surface area (Å²) in [5.74, 6) is -0.0652. The van der Waals surface area contributed by atoms with Gasteiger partial charge in [0, 0.05) is 16.0 Å². The molecule has 0 aromatic heterocycles. The van der Waals surface area contributed by atoms with Crippen LogP contribution in [0.2, 0.25) is 0 Å². The first-order valence-electron chi connectivity index (χ1n) is 9.45. The number of nitrogens with zero attached hydrogens (tertiary/aromatic N) is 1. The highest BCUT2D eigenvalue weighted by atomic mass is 79.9. The number of esters is 1. The number of benzene rings is 2. The molecule has 3 rings (SSSR count). The highest BCUT2D eigenvalue weighted by Crippen LogP contribution is 2.25. The number of nitrogens with one attached hydrogen (secondary N) is 1. The molecule has 146 valence electrons. The van der Waals surface area contributed by atoms with E-state index < -0.39 is 5.97 Å². The third-order valence-corrected chi connectivity index (χ3v) is 5.39. The van der Waals surface area contributed by atoms with E-state index in [1.54, 1.807) is 30.3 Å². The smallest absolute Gasteiger partial charge is 0.343 e. The van der Waals surface area contributed by atoms with Crippen molar-refractivity contribution in [3.8, 4) is 5.75 Å². The average Bonchev–Trinajstić information content (AvgIpc) is 2.70. The van der Waals surface area contributed by atoms with E-state index in [0.717, 1.165) is 35.7 Å². The van der Waals surface area contributed by atoms with Crippen molar-refractivity contribution in [2.45, 2.75) is 39.0 Å². The van der Waals surface area contributed by atoms with Crippen LogP contribution in [0.15, 0.2) is 52.0 Å². The van der Waals surface area contributed by atoms with Crippen LogP contribution in [0.1, 0.15) is 53.6 Å². The first kappa shape index (κ1) is 20.3. The molecule has 2 aromatic carbocycles. The van der Waals surface area contributed by atoms with Gasteiger partial charge >= 0.3 is 5.97 Å². The second-order valence-electron chi connectivity index (χ2n) is 6.96. The molecule has 1 fully saturated rings. The molecule has 6 heteroatoms. The Morgan fingerprint density at radius 2 is 1.89 bits per heavy atom. The van der Waals surface area contributed by atoms with Crippen molar-refractivity contribution >= 4 is 34.0 Å². The van der Waals surface area contributed by atoms with E-state index in [1.807, 2.05) is 19.1 Å². The molecule has 28 heavy (non-hydrogen) atoms. The Hall–Kier alpha value is -2.47. The molecule has 0 spiro atoms. The van der Waals surface area contributed by atoms with Crippen LogP contribution in [0.25, 0.3) is 0 Å². The summed E-state index contributed by atoms with van der Waals surface area (Å²) in [6.45, 7) is 1.86. The Labute approximate surface area is 173 Å². The molecule has 0 aliphatic heterocycles. The number of amides is 1. The molecule has 1 saturated carbocycles. The summed E-state index contributed by atoms with van der Waals surface area (Å²) in [6.07, 6.45) is 6.71. The van der Waals surface area contributed by atoms with Gasteiger partial charge in [-0.05, 0) is 49.6 Å². The number of carbonyl (C=O) groups is 2. The van der Waals surface area contributed by atoms with Gasteiger partial charge in [0.2, 0.25) is 5.91 Å². The number of hydrazone groups is 1. The maximum atomic E-state index is 12.5. The fourth-order valence-electron chi connectivity index (χ4n) is 3.29. The summed E-state index contributed by atoms with van der Waals surface area (Å²) >= 11 is 3.41. The van der Waals surface area contributed by atoms with Crippen LogP contribution < -0.4 is 10.2 Å². The van der Waals surface area contributed by atoms with Crippen molar-refractivity contribution in [2.75, 3.05) is 0 Å². The summed E-state index contributed by atoms with van der Waals surface area (Å²) in [5.41, 5.74) is 4.57. The molecule has 0 bridgehead atoms. The first-order chi connectivity index (χ1) is 13.5. The van der Waals surface area contributed by atoms with Gasteiger partial charge < -0.3 is 4.74 Å². The molecular weight excluding hydrogens is 420 g/mol. The topological polar surface area (TPSA) is 67.8 Å². The van der Waals surface area contributed by atoms with Crippen LogP contribution in [0.5, 0.6) is 5.75 Å². The number of hydrogen-bond acceptors (Lipinski definition) is 4. The maximum absolute atomic E-state index is 12.5. The molecule has 0 atom stereocenters. The Morgan fingerprint density at radius 1 is 1.14 bits per heavy atom. The third kappa shape index (κ3) is 5.29. The van der Waals surface area contributed by atoms with Crippen molar-refractivity contribution < 1.29 is 14.3 Å². The lowest BCUT2D eigenvalue weighted by atomic mass is 9.89. The predicted molar refractivity (Wildman–Crippen MR) is 113 cm³/mol. The van der Waals surface area contributed by atoms with E-state index in [1.165, 1.54) is 12.6 Å². The summed E-state index contributed by atoms with van der Waals surface area (Å²) in [4.78, 5) is 24.7. The van der Waals surface area contributed by atoms with Crippen molar-refractivity contribution in [1.82, 2.24) is 5.43 Å². The predicted octanol–water partition coefficient (Wildman–Crippen LogP) is 5.01. The van der Waals surface area contributed by atoms with Gasteiger partial charge in [0.05, 0.1) is 11.8 Å². The van der Waals surface area contributed by atoms with Gasteiger partial charge in [0.25, 0.3) is 0 Å². The number of hydrogen-bond donors (Lipinski definition) is 1. The van der Waals surface area contributed by atoms with E-state index in [4.69, 9.17) is 4.74 Å². The van der Waals surface area contributed by atoms with Crippen LogP contribution in [0, 0.1) is 12.8 Å². The quantitative estimate of drug-likeness (QED) is 0.306. The fraction of sp³-hybridized carbons (Fsp3) is 0.318. The third-order valence-electron chi connectivity index (χ3n) is 4.89. The van der Waals surface area contributed by atoms with Crippen LogP contribution in [0.4, 0.5) is 0 Å². The lowest BCUT2D eigenvalue weighted by Gasteiger charge is -2.19. The van der Waals surface area contributed by atoms with Crippen LogP contribution in [-0.4, -0.2) is 18.1 Å². The summed E-state index contributed by atoms with van der Waals surface area (Å²) in [6, 6.07) is 12.5. The molecule has 0 unspecified atom stereocenters. The number of carbonyl (C=O) groups excluding carboxylic acids is 2. The largest absolute Gasteiger partial charge is 0.422 e. The SMILES string of the molecule is Cc1ccccc1C(=O)Oc1ccc(Br)cc1/C=N/NC(=O)C1CCCCC1. The number of ether oxygens (including phenoxy) is 1. The average molecular weight is 443 g/mol. The fourth-order valence-corrected chi connectivity index (χ4v) is 3.67. The van der Waals surface area contributed by atoms with E-state index >= 15 is 0 Å². The molecule has 5 nitrogen and oxygen atoms in total. The molecule has 1 amide bonds. The molecule has 0 saturated heterocycles. The standard InChI is InChI=1S/C22H23BrN2O3/c1-15-7-5-6-10-19(15)22(27)28-20-12-11-18(23)13-17(20)14-24-25-21(26)16-8-3-2-4-9-16/h5-7,10-14,16H,2-4,8-9H2,1H3,(H,25,26)/b24-14+. The van der Waals surface area contributed by atoms with E-state index in [-0.39, 0.29) is 11.8 Å². The van der Waals surface area contributed by atoms with Gasteiger partial charge in [-0.15, -0.1) is 0 Å². The maximum Gasteiger partial charge on any atom is 0.343 e. The normalized spacial score (nSPS) is 14.8. The van der Waals surface area contributed by atoms with Crippen LogP contribution in [0.3, 0.4) is 0 Å². The minimum atomic E-state index is -0.429. The minimum Gasteiger partial charge on any atom is -0.422 e. The second kappa shape index (κ2) is 9.64. The minimum absolute atomic E-state index is 0.0340. The molecule has 1 aliphatic rings. The molecular formula is C22H23BrN2O3. The molecule has 1 aliphatic carbocycles. The van der Waals surface area contributed by atoms with E-state index in [2.05, 4.69) is 26.5 Å². The van der Waals surface area contributed by atoms with Crippen LogP contribution in [-0.2, 0) is 4.79 Å². The lowest BCUT2D eigenvalue weighted by Crippen LogP contribution is -2.28. The summed E-state index contributed by atoms with van der Waals surface area (Å²) in [5, 5.41) is 4.08. The molecule has 2 aromatic rings. The Kier molecular flexibility index (Phi) is 6.98. The Balaban J connectivity index is 1.71. The first-order valence-corrected chi connectivity index (χ1v) is 10.2. The van der Waals surface area contributed by atoms with Crippen molar-refractivity contribution in [3.63, 3.8) is 0 Å². The van der Waals surface area contributed by atoms with Crippen LogP contribution >= 0.6 is 15.9 Å². The number of halogens is 1. The van der Waals surface area contributed by atoms with Gasteiger partial charge in [-0.1, -0.05) is 53.4 Å². The highest BCUT2D eigenvalue weighted by molar-refractivity contribution is 9.10. The monoisotopic (exact) mass is 442 g/mol. The van der Waals surface area contributed by atoms with Gasteiger partial charge in [-0.25, -0.2) is 10.2 Å². The zero-order valence-corrected chi connectivity index (χ0v) is 17.4.